The Bertz CT molecular complexity index is 898. The first-order valence-corrected chi connectivity index (χ1v) is 11.3. The van der Waals surface area contributed by atoms with E-state index in [2.05, 4.69) is 0 Å². The minimum absolute atomic E-state index is 0.0291. The lowest BCUT2D eigenvalue weighted by Gasteiger charge is -2.24. The molecular weight excluding hydrogens is 403 g/mol. The van der Waals surface area contributed by atoms with Crippen LogP contribution in [0.5, 0.6) is 23.0 Å². The normalized spacial score (nSPS) is 14.8. The fraction of sp³-hybridized carbons (Fsp3) is 0.391. The van der Waals surface area contributed by atoms with Gasteiger partial charge in [-0.15, -0.1) is 0 Å². The summed E-state index contributed by atoms with van der Waals surface area (Å²) in [6.45, 7) is 0. The summed E-state index contributed by atoms with van der Waals surface area (Å²) in [4.78, 5) is 27.5. The number of hydrogen-bond acceptors (Lipinski definition) is 6. The molecule has 0 heterocycles. The van der Waals surface area contributed by atoms with Gasteiger partial charge in [-0.1, -0.05) is 18.9 Å². The molecule has 2 aromatic carbocycles. The second-order valence-electron chi connectivity index (χ2n) is 7.02. The summed E-state index contributed by atoms with van der Waals surface area (Å²) in [5.74, 6) is 1.83. The number of benzene rings is 2. The average Bonchev–Trinajstić information content (AvgIpc) is 3.32. The fourth-order valence-corrected chi connectivity index (χ4v) is 6.51. The standard InChI is InChI=1S/C23H27O6P/c1-26-15-12-13-17(20(14-15)29-4)22(24)30(16-8-5-6-9-16)23(25)21-18(27-2)10-7-11-19(21)28-3/h7,10-14,16H,5-6,8-9H2,1-4H3. The van der Waals surface area contributed by atoms with Gasteiger partial charge in [0.2, 0.25) is 0 Å². The third-order valence-corrected chi connectivity index (χ3v) is 7.99. The molecule has 0 bridgehead atoms. The van der Waals surface area contributed by atoms with Crippen LogP contribution in [0.2, 0.25) is 0 Å². The van der Waals surface area contributed by atoms with Crippen LogP contribution in [0.3, 0.4) is 0 Å². The molecule has 3 rings (SSSR count). The first kappa shape index (κ1) is 22.1. The van der Waals surface area contributed by atoms with Gasteiger partial charge >= 0.3 is 0 Å². The molecule has 1 aliphatic rings. The highest BCUT2D eigenvalue weighted by atomic mass is 31.1. The van der Waals surface area contributed by atoms with E-state index in [0.717, 1.165) is 25.7 Å². The molecule has 0 aromatic heterocycles. The lowest BCUT2D eigenvalue weighted by Crippen LogP contribution is -2.17. The summed E-state index contributed by atoms with van der Waals surface area (Å²) in [5.41, 5.74) is 0.365. The number of rotatable bonds is 9. The summed E-state index contributed by atoms with van der Waals surface area (Å²) < 4.78 is 21.6. The van der Waals surface area contributed by atoms with E-state index in [4.69, 9.17) is 18.9 Å². The summed E-state index contributed by atoms with van der Waals surface area (Å²) in [6, 6.07) is 10.3. The van der Waals surface area contributed by atoms with Gasteiger partial charge in [-0.05, 0) is 42.8 Å². The highest BCUT2D eigenvalue weighted by molar-refractivity contribution is 7.90. The van der Waals surface area contributed by atoms with E-state index in [9.17, 15) is 9.59 Å². The van der Waals surface area contributed by atoms with Crippen LogP contribution in [-0.2, 0) is 0 Å². The zero-order valence-corrected chi connectivity index (χ0v) is 18.7. The fourth-order valence-electron chi connectivity index (χ4n) is 3.87. The number of carbonyl (C=O) groups is 2. The van der Waals surface area contributed by atoms with Crippen LogP contribution in [0.25, 0.3) is 0 Å². The maximum atomic E-state index is 13.8. The lowest BCUT2D eigenvalue weighted by atomic mass is 10.2. The van der Waals surface area contributed by atoms with E-state index in [1.54, 1.807) is 43.5 Å². The van der Waals surface area contributed by atoms with Crippen molar-refractivity contribution in [3.8, 4) is 23.0 Å². The monoisotopic (exact) mass is 430 g/mol. The van der Waals surface area contributed by atoms with Gasteiger partial charge in [0.15, 0.2) is 11.0 Å². The van der Waals surface area contributed by atoms with Gasteiger partial charge in [-0.25, -0.2) is 0 Å². The first-order chi connectivity index (χ1) is 14.5. The molecule has 0 N–H and O–H groups in total. The van der Waals surface area contributed by atoms with E-state index < -0.39 is 7.92 Å². The molecule has 1 fully saturated rings. The van der Waals surface area contributed by atoms with E-state index >= 15 is 0 Å². The average molecular weight is 430 g/mol. The molecule has 2 aromatic rings. The SMILES string of the molecule is COc1ccc(C(=O)P(C(=O)c2c(OC)cccc2OC)C2CCCC2)c(OC)c1. The van der Waals surface area contributed by atoms with Gasteiger partial charge in [0.25, 0.3) is 0 Å². The largest absolute Gasteiger partial charge is 0.497 e. The van der Waals surface area contributed by atoms with Gasteiger partial charge in [0.05, 0.1) is 34.0 Å². The molecule has 7 heteroatoms. The minimum atomic E-state index is -1.68. The predicted octanol–water partition coefficient (Wildman–Crippen LogP) is 5.13. The number of hydrogen-bond donors (Lipinski definition) is 0. The number of carbonyl (C=O) groups excluding carboxylic acids is 2. The van der Waals surface area contributed by atoms with Crippen LogP contribution >= 0.6 is 7.92 Å². The van der Waals surface area contributed by atoms with Crippen molar-refractivity contribution in [3.05, 3.63) is 47.5 Å². The predicted molar refractivity (Wildman–Crippen MR) is 117 cm³/mol. The van der Waals surface area contributed by atoms with Gasteiger partial charge < -0.3 is 18.9 Å². The first-order valence-electron chi connectivity index (χ1n) is 9.86. The Morgan fingerprint density at radius 1 is 0.800 bits per heavy atom. The second-order valence-corrected chi connectivity index (χ2v) is 9.30. The molecule has 160 valence electrons. The van der Waals surface area contributed by atoms with Crippen LogP contribution in [0.15, 0.2) is 36.4 Å². The van der Waals surface area contributed by atoms with Crippen LogP contribution in [0.1, 0.15) is 46.4 Å². The molecule has 30 heavy (non-hydrogen) atoms. The van der Waals surface area contributed by atoms with Crippen molar-refractivity contribution < 1.29 is 28.5 Å². The van der Waals surface area contributed by atoms with Crippen molar-refractivity contribution in [2.75, 3.05) is 28.4 Å². The van der Waals surface area contributed by atoms with Crippen LogP contribution in [-0.4, -0.2) is 45.1 Å². The van der Waals surface area contributed by atoms with Crippen LogP contribution in [0.4, 0.5) is 0 Å². The van der Waals surface area contributed by atoms with Crippen molar-refractivity contribution in [2.24, 2.45) is 0 Å². The van der Waals surface area contributed by atoms with Crippen molar-refractivity contribution >= 4 is 19.0 Å². The molecule has 1 saturated carbocycles. The van der Waals surface area contributed by atoms with Crippen molar-refractivity contribution in [1.29, 1.82) is 0 Å². The van der Waals surface area contributed by atoms with Gasteiger partial charge in [-0.2, -0.15) is 0 Å². The topological polar surface area (TPSA) is 71.1 Å². The second kappa shape index (κ2) is 9.94. The quantitative estimate of drug-likeness (QED) is 0.514. The van der Waals surface area contributed by atoms with E-state index in [1.165, 1.54) is 21.3 Å². The zero-order valence-electron chi connectivity index (χ0n) is 17.8. The maximum Gasteiger partial charge on any atom is 0.199 e. The highest BCUT2D eigenvalue weighted by Crippen LogP contribution is 2.56. The number of methoxy groups -OCH3 is 4. The maximum absolute atomic E-state index is 13.8. The summed E-state index contributed by atoms with van der Waals surface area (Å²) in [6.07, 6.45) is 3.76. The summed E-state index contributed by atoms with van der Waals surface area (Å²) in [5, 5.41) is 0. The summed E-state index contributed by atoms with van der Waals surface area (Å²) in [7, 11) is 4.41. The zero-order chi connectivity index (χ0) is 21.7. The Balaban J connectivity index is 2.09. The molecule has 1 aliphatic carbocycles. The summed E-state index contributed by atoms with van der Waals surface area (Å²) >= 11 is 0. The molecule has 0 saturated heterocycles. The Hall–Kier alpha value is -2.59. The molecule has 6 nitrogen and oxygen atoms in total. The Morgan fingerprint density at radius 2 is 1.40 bits per heavy atom. The molecule has 0 radical (unpaired) electrons. The van der Waals surface area contributed by atoms with E-state index in [0.29, 0.717) is 34.1 Å². The smallest absolute Gasteiger partial charge is 0.199 e. The van der Waals surface area contributed by atoms with Gasteiger partial charge in [0, 0.05) is 14.0 Å². The van der Waals surface area contributed by atoms with Crippen LogP contribution in [0, 0.1) is 0 Å². The van der Waals surface area contributed by atoms with Gasteiger partial charge in [-0.3, -0.25) is 9.59 Å². The lowest BCUT2D eigenvalue weighted by molar-refractivity contribution is 0.104. The van der Waals surface area contributed by atoms with Gasteiger partial charge in [0.1, 0.15) is 28.6 Å². The Labute approximate surface area is 178 Å². The molecule has 0 amide bonds. The van der Waals surface area contributed by atoms with Crippen molar-refractivity contribution in [1.82, 2.24) is 0 Å². The highest BCUT2D eigenvalue weighted by Gasteiger charge is 2.40. The Morgan fingerprint density at radius 3 is 1.93 bits per heavy atom. The van der Waals surface area contributed by atoms with E-state index in [1.807, 2.05) is 0 Å². The minimum Gasteiger partial charge on any atom is -0.497 e. The third kappa shape index (κ3) is 4.29. The molecular formula is C23H27O6P. The Kier molecular flexibility index (Phi) is 7.33. The van der Waals surface area contributed by atoms with Crippen molar-refractivity contribution in [3.63, 3.8) is 0 Å². The number of ether oxygens (including phenoxy) is 4. The molecule has 1 atom stereocenters. The molecule has 0 spiro atoms. The van der Waals surface area contributed by atoms with E-state index in [-0.39, 0.29) is 16.7 Å². The molecule has 0 aliphatic heterocycles. The van der Waals surface area contributed by atoms with Crippen LogP contribution < -0.4 is 18.9 Å². The van der Waals surface area contributed by atoms with Crippen molar-refractivity contribution in [2.45, 2.75) is 31.3 Å². The molecule has 1 unspecified atom stereocenters. The third-order valence-electron chi connectivity index (χ3n) is 5.41.